The number of sulfonamides is 1. The lowest BCUT2D eigenvalue weighted by Crippen LogP contribution is -2.24. The number of carbonyl (C=O) groups is 2. The SMILES string of the molecule is CC(N)=NS(=O)(=O)c1cccc(C(=O)C(C(=O)c2cccc(S(C)(=O)=O)c2)c2nc3ccccc3[nH]2)c1. The zero-order valence-corrected chi connectivity index (χ0v) is 21.4. The van der Waals surface area contributed by atoms with Crippen LogP contribution in [0.2, 0.25) is 0 Å². The minimum absolute atomic E-state index is 0.0196. The monoisotopic (exact) mass is 538 g/mol. The van der Waals surface area contributed by atoms with Gasteiger partial charge < -0.3 is 10.7 Å². The van der Waals surface area contributed by atoms with Crippen molar-refractivity contribution >= 4 is 48.3 Å². The van der Waals surface area contributed by atoms with Crippen LogP contribution in [0.3, 0.4) is 0 Å². The van der Waals surface area contributed by atoms with Gasteiger partial charge in [0.25, 0.3) is 10.0 Å². The highest BCUT2D eigenvalue weighted by Crippen LogP contribution is 2.28. The van der Waals surface area contributed by atoms with E-state index >= 15 is 0 Å². The second-order valence-corrected chi connectivity index (χ2v) is 12.0. The molecule has 0 fully saturated rings. The summed E-state index contributed by atoms with van der Waals surface area (Å²) in [6.07, 6.45) is 1.01. The maximum absolute atomic E-state index is 13.8. The van der Waals surface area contributed by atoms with E-state index in [9.17, 15) is 26.4 Å². The van der Waals surface area contributed by atoms with Crippen LogP contribution in [0, 0.1) is 0 Å². The van der Waals surface area contributed by atoms with E-state index in [2.05, 4.69) is 14.4 Å². The van der Waals surface area contributed by atoms with Crippen molar-refractivity contribution in [3.05, 3.63) is 89.7 Å². The highest BCUT2D eigenvalue weighted by Gasteiger charge is 2.34. The third kappa shape index (κ3) is 5.49. The Bertz CT molecular complexity index is 1750. The second kappa shape index (κ2) is 9.71. The first-order valence-corrected chi connectivity index (χ1v) is 14.2. The van der Waals surface area contributed by atoms with E-state index < -0.39 is 37.3 Å². The van der Waals surface area contributed by atoms with Gasteiger partial charge in [-0.2, -0.15) is 8.42 Å². The van der Waals surface area contributed by atoms with Gasteiger partial charge in [-0.15, -0.1) is 4.40 Å². The first-order chi connectivity index (χ1) is 17.4. The number of nitrogens with two attached hydrogens (primary N) is 1. The van der Waals surface area contributed by atoms with E-state index in [1.54, 1.807) is 24.3 Å². The summed E-state index contributed by atoms with van der Waals surface area (Å²) in [4.78, 5) is 34.5. The minimum Gasteiger partial charge on any atom is -0.387 e. The molecule has 1 heterocycles. The van der Waals surface area contributed by atoms with Crippen molar-refractivity contribution in [1.29, 1.82) is 0 Å². The average Bonchev–Trinajstić information content (AvgIpc) is 3.26. The summed E-state index contributed by atoms with van der Waals surface area (Å²) in [6, 6.07) is 17.4. The predicted molar refractivity (Wildman–Crippen MR) is 138 cm³/mol. The summed E-state index contributed by atoms with van der Waals surface area (Å²) in [7, 11) is -7.81. The molecule has 0 amide bonds. The maximum Gasteiger partial charge on any atom is 0.283 e. The number of carbonyl (C=O) groups excluding carboxylic acids is 2. The van der Waals surface area contributed by atoms with E-state index in [1.165, 1.54) is 49.4 Å². The summed E-state index contributed by atoms with van der Waals surface area (Å²) < 4.78 is 52.6. The van der Waals surface area contributed by atoms with Gasteiger partial charge in [-0.05, 0) is 43.3 Å². The van der Waals surface area contributed by atoms with Crippen LogP contribution in [0.1, 0.15) is 39.4 Å². The van der Waals surface area contributed by atoms with Gasteiger partial charge in [0.1, 0.15) is 17.6 Å². The van der Waals surface area contributed by atoms with Crippen molar-refractivity contribution in [1.82, 2.24) is 9.97 Å². The fourth-order valence-electron chi connectivity index (χ4n) is 3.74. The smallest absolute Gasteiger partial charge is 0.283 e. The highest BCUT2D eigenvalue weighted by molar-refractivity contribution is 7.90. The lowest BCUT2D eigenvalue weighted by Gasteiger charge is -2.14. The zero-order valence-electron chi connectivity index (χ0n) is 19.7. The summed E-state index contributed by atoms with van der Waals surface area (Å²) in [5.74, 6) is -3.11. The molecule has 0 saturated heterocycles. The molecule has 4 aromatic rings. The molecule has 3 aromatic carbocycles. The Morgan fingerprint density at radius 1 is 0.865 bits per heavy atom. The third-order valence-corrected chi connectivity index (χ3v) is 7.92. The second-order valence-electron chi connectivity index (χ2n) is 8.34. The largest absolute Gasteiger partial charge is 0.387 e. The normalized spacial score (nSPS) is 13.4. The van der Waals surface area contributed by atoms with Crippen LogP contribution in [-0.2, 0) is 19.9 Å². The quantitative estimate of drug-likeness (QED) is 0.149. The molecule has 0 aliphatic heterocycles. The Labute approximate surface area is 213 Å². The average molecular weight is 539 g/mol. The molecular weight excluding hydrogens is 516 g/mol. The van der Waals surface area contributed by atoms with Gasteiger partial charge in [-0.25, -0.2) is 13.4 Å². The molecule has 0 aliphatic rings. The van der Waals surface area contributed by atoms with Crippen molar-refractivity contribution in [3.63, 3.8) is 0 Å². The number of hydrogen-bond acceptors (Lipinski definition) is 7. The summed E-state index contributed by atoms with van der Waals surface area (Å²) >= 11 is 0. The molecule has 0 radical (unpaired) electrons. The van der Waals surface area contributed by atoms with Crippen LogP contribution in [0.15, 0.2) is 87.0 Å². The molecule has 0 bridgehead atoms. The molecule has 1 atom stereocenters. The van der Waals surface area contributed by atoms with E-state index in [4.69, 9.17) is 5.73 Å². The van der Waals surface area contributed by atoms with Gasteiger partial charge in [-0.3, -0.25) is 9.59 Å². The number of ketones is 2. The lowest BCUT2D eigenvalue weighted by molar-refractivity contribution is 0.0856. The summed E-state index contributed by atoms with van der Waals surface area (Å²) in [5.41, 5.74) is 6.42. The van der Waals surface area contributed by atoms with Gasteiger partial charge in [0.05, 0.1) is 20.8 Å². The standard InChI is InChI=1S/C25H22N4O6S2/c1-15(26)29-37(34,35)19-10-6-8-17(14-19)24(31)22(25-27-20-11-3-4-12-21(20)28-25)23(30)16-7-5-9-18(13-16)36(2,32)33/h3-14,22H,1-2H3,(H2,26,29)(H,27,28). The van der Waals surface area contributed by atoms with Gasteiger partial charge in [0, 0.05) is 17.4 Å². The highest BCUT2D eigenvalue weighted by atomic mass is 32.2. The van der Waals surface area contributed by atoms with E-state index in [0.717, 1.165) is 12.3 Å². The number of nitrogens with zero attached hydrogens (tertiary/aromatic N) is 2. The number of amidine groups is 1. The van der Waals surface area contributed by atoms with Crippen LogP contribution in [0.5, 0.6) is 0 Å². The number of aromatic nitrogens is 2. The van der Waals surface area contributed by atoms with E-state index in [-0.39, 0.29) is 32.6 Å². The lowest BCUT2D eigenvalue weighted by atomic mass is 9.89. The van der Waals surface area contributed by atoms with E-state index in [0.29, 0.717) is 11.0 Å². The molecule has 0 saturated carbocycles. The number of Topliss-reactive ketones (excluding diaryl/α,β-unsaturated/α-hetero) is 2. The number of aromatic amines is 1. The number of hydrogen-bond donors (Lipinski definition) is 2. The Morgan fingerprint density at radius 3 is 2.00 bits per heavy atom. The van der Waals surface area contributed by atoms with Gasteiger partial charge in [0.2, 0.25) is 0 Å². The molecule has 3 N–H and O–H groups in total. The molecular formula is C25H22N4O6S2. The van der Waals surface area contributed by atoms with Crippen molar-refractivity contribution in [3.8, 4) is 0 Å². The molecule has 0 aliphatic carbocycles. The van der Waals surface area contributed by atoms with Crippen LogP contribution in [0.25, 0.3) is 11.0 Å². The molecule has 37 heavy (non-hydrogen) atoms. The molecule has 1 aromatic heterocycles. The number of para-hydroxylation sites is 2. The summed E-state index contributed by atoms with van der Waals surface area (Å²) in [6.45, 7) is 1.31. The van der Waals surface area contributed by atoms with Crippen molar-refractivity contribution in [2.75, 3.05) is 6.26 Å². The van der Waals surface area contributed by atoms with Crippen LogP contribution >= 0.6 is 0 Å². The summed E-state index contributed by atoms with van der Waals surface area (Å²) in [5, 5.41) is 0. The topological polar surface area (TPSA) is 169 Å². The molecule has 10 nitrogen and oxygen atoms in total. The fourth-order valence-corrected chi connectivity index (χ4v) is 5.42. The molecule has 1 unspecified atom stereocenters. The van der Waals surface area contributed by atoms with Crippen molar-refractivity contribution in [2.24, 2.45) is 10.1 Å². The number of imidazole rings is 1. The number of rotatable bonds is 8. The van der Waals surface area contributed by atoms with Crippen molar-refractivity contribution in [2.45, 2.75) is 22.6 Å². The Balaban J connectivity index is 1.86. The third-order valence-electron chi connectivity index (χ3n) is 5.43. The van der Waals surface area contributed by atoms with Gasteiger partial charge in [0.15, 0.2) is 21.4 Å². The van der Waals surface area contributed by atoms with Crippen molar-refractivity contribution < 1.29 is 26.4 Å². The first-order valence-electron chi connectivity index (χ1n) is 10.9. The molecule has 4 rings (SSSR count). The number of nitrogens with one attached hydrogen (secondary N) is 1. The van der Waals surface area contributed by atoms with E-state index in [1.807, 2.05) is 0 Å². The maximum atomic E-state index is 13.8. The molecule has 12 heteroatoms. The number of benzene rings is 3. The predicted octanol–water partition coefficient (Wildman–Crippen LogP) is 2.88. The number of fused-ring (bicyclic) bond motifs is 1. The number of H-pyrrole nitrogens is 1. The van der Waals surface area contributed by atoms with Gasteiger partial charge in [-0.1, -0.05) is 36.4 Å². The van der Waals surface area contributed by atoms with Crippen LogP contribution in [0.4, 0.5) is 0 Å². The number of sulfone groups is 1. The zero-order chi connectivity index (χ0) is 27.0. The minimum atomic E-state index is -4.19. The first kappa shape index (κ1) is 25.9. The fraction of sp³-hybridized carbons (Fsp3) is 0.120. The Hall–Kier alpha value is -4.16. The molecule has 190 valence electrons. The molecule has 0 spiro atoms. The Kier molecular flexibility index (Phi) is 6.80. The Morgan fingerprint density at radius 2 is 1.43 bits per heavy atom. The van der Waals surface area contributed by atoms with Crippen LogP contribution in [-0.4, -0.2) is 50.5 Å². The van der Waals surface area contributed by atoms with Crippen LogP contribution < -0.4 is 5.73 Å². The van der Waals surface area contributed by atoms with Gasteiger partial charge >= 0.3 is 0 Å².